The molecule has 1 aromatic carbocycles. The number of nitrogens with zero attached hydrogens (tertiary/aromatic N) is 1. The maximum atomic E-state index is 4.82. The highest BCUT2D eigenvalue weighted by atomic mass is 32.1. The van der Waals surface area contributed by atoms with Gasteiger partial charge in [0.2, 0.25) is 0 Å². The van der Waals surface area contributed by atoms with Crippen molar-refractivity contribution in [3.05, 3.63) is 42.1 Å². The van der Waals surface area contributed by atoms with Crippen LogP contribution in [-0.2, 0) is 6.54 Å². The van der Waals surface area contributed by atoms with Gasteiger partial charge in [0.15, 0.2) is 0 Å². The van der Waals surface area contributed by atoms with Crippen molar-refractivity contribution < 1.29 is 0 Å². The molecular weight excluding hydrogens is 224 g/mol. The Morgan fingerprint density at radius 1 is 1.40 bits per heavy atom. The second kappa shape index (κ2) is 4.59. The van der Waals surface area contributed by atoms with Gasteiger partial charge in [0.25, 0.3) is 0 Å². The van der Waals surface area contributed by atoms with E-state index < -0.39 is 0 Å². The van der Waals surface area contributed by atoms with Crippen molar-refractivity contribution in [3.63, 3.8) is 0 Å². The summed E-state index contributed by atoms with van der Waals surface area (Å²) in [6.07, 6.45) is 1.85. The lowest BCUT2D eigenvalue weighted by Crippen LogP contribution is -2.15. The standard InChI is InChI=1S/C11H10N2S2/c14-11(15)13-7-8-5-9-3-1-2-4-10(9)12-6-8/h1-6H,7H2,(H2,13,14,15). The Morgan fingerprint density at radius 2 is 2.20 bits per heavy atom. The Hall–Kier alpha value is -1.13. The summed E-state index contributed by atoms with van der Waals surface area (Å²) < 4.78 is 0.503. The molecule has 0 aliphatic heterocycles. The summed E-state index contributed by atoms with van der Waals surface area (Å²) in [4.78, 5) is 4.35. The van der Waals surface area contributed by atoms with Gasteiger partial charge in [-0.15, -0.1) is 12.6 Å². The summed E-state index contributed by atoms with van der Waals surface area (Å²) in [5, 5.41) is 4.12. The van der Waals surface area contributed by atoms with Crippen LogP contribution in [0, 0.1) is 0 Å². The highest BCUT2D eigenvalue weighted by Gasteiger charge is 1.97. The fourth-order valence-corrected chi connectivity index (χ4v) is 1.54. The number of aromatic nitrogens is 1. The lowest BCUT2D eigenvalue weighted by molar-refractivity contribution is 0.935. The van der Waals surface area contributed by atoms with Gasteiger partial charge in [-0.2, -0.15) is 0 Å². The number of para-hydroxylation sites is 1. The number of thiocarbonyl (C=S) groups is 1. The summed E-state index contributed by atoms with van der Waals surface area (Å²) in [5.41, 5.74) is 2.11. The summed E-state index contributed by atoms with van der Waals surface area (Å²) in [7, 11) is 0. The van der Waals surface area contributed by atoms with Crippen LogP contribution in [0.5, 0.6) is 0 Å². The molecule has 1 aromatic heterocycles. The Bertz CT molecular complexity index is 497. The first-order valence-corrected chi connectivity index (χ1v) is 5.42. The summed E-state index contributed by atoms with van der Waals surface area (Å²) in [5.74, 6) is 0. The molecule has 4 heteroatoms. The molecule has 0 aliphatic rings. The van der Waals surface area contributed by atoms with Crippen molar-refractivity contribution in [3.8, 4) is 0 Å². The molecule has 0 radical (unpaired) electrons. The number of benzene rings is 1. The topological polar surface area (TPSA) is 24.9 Å². The maximum Gasteiger partial charge on any atom is 0.130 e. The Morgan fingerprint density at radius 3 is 3.00 bits per heavy atom. The van der Waals surface area contributed by atoms with Crippen LogP contribution in [0.3, 0.4) is 0 Å². The van der Waals surface area contributed by atoms with Crippen LogP contribution in [0.2, 0.25) is 0 Å². The number of rotatable bonds is 2. The molecule has 1 N–H and O–H groups in total. The molecule has 0 fully saturated rings. The van der Waals surface area contributed by atoms with E-state index in [2.05, 4.69) is 29.0 Å². The van der Waals surface area contributed by atoms with Crippen molar-refractivity contribution in [2.45, 2.75) is 6.54 Å². The first kappa shape index (κ1) is 10.4. The number of fused-ring (bicyclic) bond motifs is 1. The number of hydrogen-bond donors (Lipinski definition) is 2. The zero-order chi connectivity index (χ0) is 10.7. The number of pyridine rings is 1. The molecule has 0 amide bonds. The van der Waals surface area contributed by atoms with E-state index >= 15 is 0 Å². The highest BCUT2D eigenvalue weighted by Crippen LogP contribution is 2.12. The van der Waals surface area contributed by atoms with E-state index in [4.69, 9.17) is 12.2 Å². The van der Waals surface area contributed by atoms with Crippen LogP contribution in [-0.4, -0.2) is 9.30 Å². The second-order valence-corrected chi connectivity index (χ2v) is 4.35. The largest absolute Gasteiger partial charge is 0.367 e. The molecule has 2 rings (SSSR count). The maximum absolute atomic E-state index is 4.82. The Labute approximate surface area is 99.1 Å². The average Bonchev–Trinajstić information content (AvgIpc) is 2.26. The molecule has 0 bridgehead atoms. The van der Waals surface area contributed by atoms with Crippen molar-refractivity contribution in [2.75, 3.05) is 0 Å². The Balaban J connectivity index is 2.26. The molecule has 0 aliphatic carbocycles. The SMILES string of the molecule is S=C(S)NCc1cnc2ccccc2c1. The molecule has 0 unspecified atom stereocenters. The average molecular weight is 234 g/mol. The summed E-state index contributed by atoms with van der Waals surface area (Å²) in [6, 6.07) is 10.1. The molecule has 76 valence electrons. The van der Waals surface area contributed by atoms with E-state index in [1.165, 1.54) is 0 Å². The van der Waals surface area contributed by atoms with Gasteiger partial charge in [-0.25, -0.2) is 0 Å². The number of nitrogens with one attached hydrogen (secondary N) is 1. The first-order valence-electron chi connectivity index (χ1n) is 4.56. The molecule has 15 heavy (non-hydrogen) atoms. The van der Waals surface area contributed by atoms with E-state index in [-0.39, 0.29) is 0 Å². The third-order valence-corrected chi connectivity index (χ3v) is 2.39. The first-order chi connectivity index (χ1) is 7.25. The van der Waals surface area contributed by atoms with E-state index in [1.54, 1.807) is 0 Å². The van der Waals surface area contributed by atoms with Crippen LogP contribution >= 0.6 is 24.8 Å². The normalized spacial score (nSPS) is 10.2. The van der Waals surface area contributed by atoms with Gasteiger partial charge >= 0.3 is 0 Å². The monoisotopic (exact) mass is 234 g/mol. The minimum absolute atomic E-state index is 0.503. The summed E-state index contributed by atoms with van der Waals surface area (Å²) >= 11 is 8.83. The lowest BCUT2D eigenvalue weighted by atomic mass is 10.1. The van der Waals surface area contributed by atoms with Crippen LogP contribution in [0.15, 0.2) is 36.5 Å². The predicted molar refractivity (Wildman–Crippen MR) is 70.2 cm³/mol. The van der Waals surface area contributed by atoms with Crippen LogP contribution in [0.25, 0.3) is 10.9 Å². The van der Waals surface area contributed by atoms with Crippen molar-refractivity contribution in [1.29, 1.82) is 0 Å². The van der Waals surface area contributed by atoms with Crippen LogP contribution in [0.4, 0.5) is 0 Å². The third kappa shape index (κ3) is 2.67. The Kier molecular flexibility index (Phi) is 3.18. The fraction of sp³-hybridized carbons (Fsp3) is 0.0909. The molecular formula is C11H10N2S2. The zero-order valence-corrected chi connectivity index (χ0v) is 9.68. The van der Waals surface area contributed by atoms with Gasteiger partial charge in [-0.05, 0) is 17.7 Å². The molecule has 1 heterocycles. The van der Waals surface area contributed by atoms with Crippen LogP contribution in [0.1, 0.15) is 5.56 Å². The van der Waals surface area contributed by atoms with E-state index in [1.807, 2.05) is 30.5 Å². The minimum Gasteiger partial charge on any atom is -0.367 e. The smallest absolute Gasteiger partial charge is 0.130 e. The molecule has 0 saturated heterocycles. The highest BCUT2D eigenvalue weighted by molar-refractivity contribution is 8.11. The molecule has 2 nitrogen and oxygen atoms in total. The van der Waals surface area contributed by atoms with Gasteiger partial charge in [-0.1, -0.05) is 30.4 Å². The minimum atomic E-state index is 0.503. The summed E-state index contributed by atoms with van der Waals surface area (Å²) in [6.45, 7) is 0.667. The van der Waals surface area contributed by atoms with Gasteiger partial charge in [0.1, 0.15) is 4.32 Å². The molecule has 0 saturated carbocycles. The van der Waals surface area contributed by atoms with Gasteiger partial charge < -0.3 is 5.32 Å². The molecule has 0 spiro atoms. The molecule has 0 atom stereocenters. The van der Waals surface area contributed by atoms with Gasteiger partial charge in [0, 0.05) is 18.1 Å². The van der Waals surface area contributed by atoms with Gasteiger partial charge in [0.05, 0.1) is 5.52 Å². The lowest BCUT2D eigenvalue weighted by Gasteiger charge is -2.04. The quantitative estimate of drug-likeness (QED) is 0.617. The third-order valence-electron chi connectivity index (χ3n) is 2.09. The van der Waals surface area contributed by atoms with Crippen molar-refractivity contribution in [2.24, 2.45) is 0 Å². The van der Waals surface area contributed by atoms with Gasteiger partial charge in [-0.3, -0.25) is 4.98 Å². The van der Waals surface area contributed by atoms with Crippen molar-refractivity contribution >= 4 is 40.1 Å². The number of thiol groups is 1. The molecule has 2 aromatic rings. The number of hydrogen-bond acceptors (Lipinski definition) is 2. The second-order valence-electron chi connectivity index (χ2n) is 3.19. The van der Waals surface area contributed by atoms with E-state index in [0.717, 1.165) is 16.5 Å². The predicted octanol–water partition coefficient (Wildman–Crippen LogP) is 2.54. The van der Waals surface area contributed by atoms with Crippen molar-refractivity contribution in [1.82, 2.24) is 10.3 Å². The van der Waals surface area contributed by atoms with Crippen LogP contribution < -0.4 is 5.32 Å². The van der Waals surface area contributed by atoms with E-state index in [9.17, 15) is 0 Å². The fourth-order valence-electron chi connectivity index (χ4n) is 1.39. The van der Waals surface area contributed by atoms with E-state index in [0.29, 0.717) is 10.9 Å². The zero-order valence-electron chi connectivity index (χ0n) is 7.97.